The summed E-state index contributed by atoms with van der Waals surface area (Å²) in [6, 6.07) is 18.4. The number of fused-ring (bicyclic) bond motifs is 1. The molecule has 2 aliphatic heterocycles. The maximum atomic E-state index is 15.2. The van der Waals surface area contributed by atoms with Gasteiger partial charge in [0.25, 0.3) is 0 Å². The second-order valence-corrected chi connectivity index (χ2v) is 15.1. The lowest BCUT2D eigenvalue weighted by atomic mass is 10.0. The van der Waals surface area contributed by atoms with Gasteiger partial charge in [-0.15, -0.1) is 0 Å². The zero-order chi connectivity index (χ0) is 34.9. The molecule has 2 aromatic heterocycles. The molecule has 6 rings (SSSR count). The quantitative estimate of drug-likeness (QED) is 0.0736. The highest BCUT2D eigenvalue weighted by atomic mass is 31.2. The normalized spacial score (nSPS) is 22.6. The molecule has 0 spiro atoms. The van der Waals surface area contributed by atoms with Crippen LogP contribution in [0.5, 0.6) is 0 Å². The number of quaternary nitrogens is 1. The first kappa shape index (κ1) is 36.1. The first-order valence-electron chi connectivity index (χ1n) is 17.3. The zero-order valence-corrected chi connectivity index (χ0v) is 29.4. The van der Waals surface area contributed by atoms with Crippen LogP contribution in [0, 0.1) is 0 Å². The molecule has 15 heteroatoms. The van der Waals surface area contributed by atoms with Gasteiger partial charge in [-0.1, -0.05) is 74.5 Å². The number of benzene rings is 2. The first-order valence-corrected chi connectivity index (χ1v) is 19.2. The number of hydrogen-bond acceptors (Lipinski definition) is 11. The Morgan fingerprint density at radius 3 is 2.46 bits per heavy atom. The predicted molar refractivity (Wildman–Crippen MR) is 186 cm³/mol. The summed E-state index contributed by atoms with van der Waals surface area (Å²) >= 11 is 0. The van der Waals surface area contributed by atoms with Gasteiger partial charge in [-0.2, -0.15) is 0 Å². The number of ether oxygens (including phenoxy) is 5. The van der Waals surface area contributed by atoms with Crippen molar-refractivity contribution in [3.8, 4) is 0 Å². The Bertz CT molecular complexity index is 1730. The van der Waals surface area contributed by atoms with E-state index in [0.717, 1.165) is 17.5 Å². The summed E-state index contributed by atoms with van der Waals surface area (Å²) in [5.74, 6) is -0.176. The van der Waals surface area contributed by atoms with Crippen molar-refractivity contribution >= 4 is 30.4 Å². The second-order valence-electron chi connectivity index (χ2n) is 12.7. The molecule has 2 fully saturated rings. The van der Waals surface area contributed by atoms with Gasteiger partial charge < -0.3 is 29.4 Å². The Morgan fingerprint density at radius 2 is 1.74 bits per heavy atom. The highest BCUT2D eigenvalue weighted by Crippen LogP contribution is 2.37. The topological polar surface area (TPSA) is 182 Å². The van der Waals surface area contributed by atoms with Crippen LogP contribution < -0.4 is 15.9 Å². The van der Waals surface area contributed by atoms with E-state index >= 15 is 4.57 Å². The van der Waals surface area contributed by atoms with Crippen molar-refractivity contribution in [2.75, 3.05) is 31.9 Å². The largest absolute Gasteiger partial charge is 0.465 e. The number of nitrogens with two attached hydrogens (primary N) is 2. The molecule has 3 unspecified atom stereocenters. The Balaban J connectivity index is 1.23. The van der Waals surface area contributed by atoms with Gasteiger partial charge in [-0.05, 0) is 30.4 Å². The monoisotopic (exact) mass is 708 g/mol. The fourth-order valence-corrected chi connectivity index (χ4v) is 8.43. The van der Waals surface area contributed by atoms with Crippen LogP contribution in [0.2, 0.25) is 0 Å². The lowest BCUT2D eigenvalue weighted by molar-refractivity contribution is -0.553. The molecule has 2 aromatic carbocycles. The number of esters is 1. The number of hydrogen-bond donors (Lipinski definition) is 3. The summed E-state index contributed by atoms with van der Waals surface area (Å²) in [7, 11) is -3.58. The molecule has 4 aromatic rings. The summed E-state index contributed by atoms with van der Waals surface area (Å²) < 4.78 is 47.0. The number of carbonyl (C=O) groups is 1. The predicted octanol–water partition coefficient (Wildman–Crippen LogP) is 3.34. The van der Waals surface area contributed by atoms with E-state index < -0.39 is 32.0 Å². The van der Waals surface area contributed by atoms with Gasteiger partial charge in [0.2, 0.25) is 0 Å². The van der Waals surface area contributed by atoms with E-state index in [2.05, 4.69) is 20.0 Å². The number of aromatic nitrogens is 4. The fraction of sp³-hybridized carbons (Fsp3) is 0.486. The molecule has 0 amide bonds. The molecule has 7 atom stereocenters. The van der Waals surface area contributed by atoms with E-state index in [1.54, 1.807) is 16.0 Å². The van der Waals surface area contributed by atoms with E-state index in [0.29, 0.717) is 43.5 Å². The van der Waals surface area contributed by atoms with E-state index in [9.17, 15) is 4.79 Å². The molecular weight excluding hydrogens is 661 g/mol. The van der Waals surface area contributed by atoms with Crippen LogP contribution in [0.1, 0.15) is 50.5 Å². The van der Waals surface area contributed by atoms with E-state index in [-0.39, 0.29) is 43.6 Å². The average Bonchev–Trinajstić information content (AvgIpc) is 3.51. The molecule has 14 nitrogen and oxygen atoms in total. The minimum atomic E-state index is -3.58. The lowest BCUT2D eigenvalue weighted by Gasteiger charge is -2.27. The lowest BCUT2D eigenvalue weighted by Crippen LogP contribution is -2.90. The number of rotatable bonds is 19. The molecule has 0 aliphatic carbocycles. The van der Waals surface area contributed by atoms with Crippen LogP contribution >= 0.6 is 7.44 Å². The first-order chi connectivity index (χ1) is 24.4. The van der Waals surface area contributed by atoms with Crippen molar-refractivity contribution in [1.82, 2.24) is 24.6 Å². The number of nitrogens with zero attached hydrogens (tertiary/aromatic N) is 4. The Labute approximate surface area is 291 Å². The highest BCUT2D eigenvalue weighted by molar-refractivity contribution is 7.54. The van der Waals surface area contributed by atoms with Gasteiger partial charge >= 0.3 is 13.4 Å². The van der Waals surface area contributed by atoms with Crippen LogP contribution in [-0.4, -0.2) is 82.2 Å². The number of carbonyl (C=O) groups excluding carboxylic acids is 1. The fourth-order valence-electron chi connectivity index (χ4n) is 6.14. The van der Waals surface area contributed by atoms with Gasteiger partial charge in [0.15, 0.2) is 30.2 Å². The second kappa shape index (κ2) is 17.0. The summed E-state index contributed by atoms with van der Waals surface area (Å²) in [6.07, 6.45) is 4.22. The third-order valence-corrected chi connectivity index (χ3v) is 10.8. The summed E-state index contributed by atoms with van der Waals surface area (Å²) in [5.41, 5.74) is 9.03. The summed E-state index contributed by atoms with van der Waals surface area (Å²) in [4.78, 5) is 26.2. The van der Waals surface area contributed by atoms with Crippen LogP contribution in [0.15, 0.2) is 73.3 Å². The standard InChI is InChI=1S/C35H46N7O7P/c1-3-15-45-34(43)28(18-25-13-9-6-10-14-25)41-50(44,40-27(17-24-11-7-5-8-12-24)31-35(49-31)46-16-4-2)23-48-26-19-29(47-20-26)42-22-39-30-32(36)37-21-38-33(30)42/h5-14,21-22,26-29,31,35H,3-4,15-20,23H2,1-2H3,(H2,36,37,38)(H2,40,41,44)/p+1/t26-,27+,28+,29-,31?,35?,50?/m1/s1. The maximum absolute atomic E-state index is 15.2. The van der Waals surface area contributed by atoms with Crippen LogP contribution in [0.3, 0.4) is 0 Å². The molecule has 5 N–H and O–H groups in total. The van der Waals surface area contributed by atoms with E-state index in [1.165, 1.54) is 6.33 Å². The molecule has 0 bridgehead atoms. The van der Waals surface area contributed by atoms with Crippen molar-refractivity contribution in [1.29, 1.82) is 0 Å². The molecule has 0 saturated carbocycles. The van der Waals surface area contributed by atoms with Gasteiger partial charge in [0, 0.05) is 19.4 Å². The zero-order valence-electron chi connectivity index (χ0n) is 28.5. The van der Waals surface area contributed by atoms with Crippen molar-refractivity contribution in [3.63, 3.8) is 0 Å². The third kappa shape index (κ3) is 9.32. The van der Waals surface area contributed by atoms with Gasteiger partial charge in [0.1, 0.15) is 30.2 Å². The SMILES string of the molecule is CCCOC(=O)[C@H](Cc1ccccc1)NP(=O)(CO[C@H]1CO[C@@H](n2cnc3c(N)ncnc32)C1)[NH2+][C@@H](Cc1ccccc1)C1OC1OCCC. The number of anilines is 1. The number of nitrogen functional groups attached to an aromatic ring is 1. The van der Waals surface area contributed by atoms with Gasteiger partial charge in [-0.3, -0.25) is 14.4 Å². The van der Waals surface area contributed by atoms with Gasteiger partial charge in [-0.25, -0.2) is 24.6 Å². The Morgan fingerprint density at radius 1 is 1.02 bits per heavy atom. The minimum Gasteiger partial charge on any atom is -0.465 e. The van der Waals surface area contributed by atoms with Crippen molar-refractivity contribution in [2.45, 2.75) is 82.8 Å². The molecule has 50 heavy (non-hydrogen) atoms. The molecule has 0 radical (unpaired) electrons. The van der Waals surface area contributed by atoms with Crippen molar-refractivity contribution < 1.29 is 38.1 Å². The number of epoxide rings is 1. The summed E-state index contributed by atoms with van der Waals surface area (Å²) in [6.45, 7) is 5.07. The van der Waals surface area contributed by atoms with Gasteiger partial charge in [0.05, 0.1) is 25.6 Å². The highest BCUT2D eigenvalue weighted by Gasteiger charge is 2.51. The van der Waals surface area contributed by atoms with Crippen LogP contribution in [0.25, 0.3) is 11.2 Å². The maximum Gasteiger partial charge on any atom is 0.341 e. The third-order valence-electron chi connectivity index (χ3n) is 8.67. The summed E-state index contributed by atoms with van der Waals surface area (Å²) in [5, 5.41) is 5.06. The average molecular weight is 709 g/mol. The minimum absolute atomic E-state index is 0.168. The molecule has 2 aliphatic rings. The van der Waals surface area contributed by atoms with Crippen molar-refractivity contribution in [2.24, 2.45) is 0 Å². The van der Waals surface area contributed by atoms with E-state index in [1.807, 2.05) is 74.5 Å². The molecule has 268 valence electrons. The van der Waals surface area contributed by atoms with E-state index in [4.69, 9.17) is 29.4 Å². The van der Waals surface area contributed by atoms with Crippen LogP contribution in [0.4, 0.5) is 5.82 Å². The van der Waals surface area contributed by atoms with Crippen LogP contribution in [-0.2, 0) is 45.9 Å². The molecule has 2 saturated heterocycles. The molecular formula is C35H47N7O7P+. The smallest absolute Gasteiger partial charge is 0.341 e. The number of nitrogens with one attached hydrogen (secondary N) is 1. The van der Waals surface area contributed by atoms with Crippen molar-refractivity contribution in [3.05, 3.63) is 84.4 Å². The molecule has 4 heterocycles. The number of imidazole rings is 1. The Hall–Kier alpha value is -3.75. The Kier molecular flexibility index (Phi) is 12.2.